The quantitative estimate of drug-likeness (QED) is 0.857. The van der Waals surface area contributed by atoms with Crippen LogP contribution in [0.15, 0.2) is 24.3 Å². The first-order chi connectivity index (χ1) is 9.45. The SMILES string of the molecule is N#Cc1cccc(C2(O)CC3CCCC(C2)S3(=O)=O)c1. The Morgan fingerprint density at radius 3 is 2.50 bits per heavy atom. The first-order valence-electron chi connectivity index (χ1n) is 6.91. The molecule has 2 saturated heterocycles. The van der Waals surface area contributed by atoms with Gasteiger partial charge in [-0.3, -0.25) is 0 Å². The lowest BCUT2D eigenvalue weighted by molar-refractivity contribution is 0.00499. The number of fused-ring (bicyclic) bond motifs is 2. The maximum absolute atomic E-state index is 12.3. The van der Waals surface area contributed by atoms with Gasteiger partial charge >= 0.3 is 0 Å². The van der Waals surface area contributed by atoms with E-state index in [-0.39, 0.29) is 12.8 Å². The smallest absolute Gasteiger partial charge is 0.156 e. The molecule has 0 amide bonds. The number of nitriles is 1. The van der Waals surface area contributed by atoms with Crippen molar-refractivity contribution in [1.82, 2.24) is 0 Å². The Morgan fingerprint density at radius 2 is 1.90 bits per heavy atom. The van der Waals surface area contributed by atoms with Gasteiger partial charge in [0, 0.05) is 0 Å². The van der Waals surface area contributed by atoms with Crippen molar-refractivity contribution in [3.05, 3.63) is 35.4 Å². The molecule has 0 aliphatic carbocycles. The zero-order valence-electron chi connectivity index (χ0n) is 11.1. The van der Waals surface area contributed by atoms with Crippen LogP contribution in [-0.4, -0.2) is 24.0 Å². The summed E-state index contributed by atoms with van der Waals surface area (Å²) in [6.45, 7) is 0. The molecule has 2 aliphatic heterocycles. The molecule has 1 N–H and O–H groups in total. The lowest BCUT2D eigenvalue weighted by Gasteiger charge is -2.44. The molecule has 2 bridgehead atoms. The molecule has 106 valence electrons. The van der Waals surface area contributed by atoms with E-state index in [0.29, 0.717) is 24.0 Å². The van der Waals surface area contributed by atoms with Crippen LogP contribution >= 0.6 is 0 Å². The van der Waals surface area contributed by atoms with Crippen molar-refractivity contribution in [3.63, 3.8) is 0 Å². The zero-order valence-corrected chi connectivity index (χ0v) is 11.9. The molecule has 2 unspecified atom stereocenters. The second-order valence-electron chi connectivity index (χ2n) is 5.90. The maximum Gasteiger partial charge on any atom is 0.156 e. The Kier molecular flexibility index (Phi) is 3.11. The van der Waals surface area contributed by atoms with Crippen LogP contribution in [0.5, 0.6) is 0 Å². The molecule has 2 fully saturated rings. The van der Waals surface area contributed by atoms with Gasteiger partial charge in [-0.15, -0.1) is 0 Å². The summed E-state index contributed by atoms with van der Waals surface area (Å²) >= 11 is 0. The minimum absolute atomic E-state index is 0.251. The average molecular weight is 291 g/mol. The molecule has 20 heavy (non-hydrogen) atoms. The third-order valence-electron chi connectivity index (χ3n) is 4.64. The lowest BCUT2D eigenvalue weighted by atomic mass is 9.80. The zero-order chi connectivity index (χ0) is 14.4. The van der Waals surface area contributed by atoms with Gasteiger partial charge in [0.1, 0.15) is 0 Å². The van der Waals surface area contributed by atoms with Crippen molar-refractivity contribution in [2.45, 2.75) is 48.2 Å². The summed E-state index contributed by atoms with van der Waals surface area (Å²) in [7, 11) is -3.09. The number of nitrogens with zero attached hydrogens (tertiary/aromatic N) is 1. The topological polar surface area (TPSA) is 78.2 Å². The fraction of sp³-hybridized carbons (Fsp3) is 0.533. The van der Waals surface area contributed by atoms with Crippen LogP contribution < -0.4 is 0 Å². The molecule has 0 saturated carbocycles. The van der Waals surface area contributed by atoms with E-state index in [9.17, 15) is 13.5 Å². The van der Waals surface area contributed by atoms with Gasteiger partial charge in [-0.1, -0.05) is 18.6 Å². The van der Waals surface area contributed by atoms with E-state index in [2.05, 4.69) is 6.07 Å². The van der Waals surface area contributed by atoms with Crippen molar-refractivity contribution in [2.75, 3.05) is 0 Å². The van der Waals surface area contributed by atoms with Gasteiger partial charge in [0.05, 0.1) is 27.7 Å². The van der Waals surface area contributed by atoms with E-state index in [1.54, 1.807) is 24.3 Å². The minimum atomic E-state index is -3.09. The summed E-state index contributed by atoms with van der Waals surface area (Å²) in [4.78, 5) is 0. The largest absolute Gasteiger partial charge is 0.385 e. The first kappa shape index (κ1) is 13.6. The van der Waals surface area contributed by atoms with Crippen molar-refractivity contribution < 1.29 is 13.5 Å². The van der Waals surface area contributed by atoms with Crippen LogP contribution in [0.3, 0.4) is 0 Å². The molecule has 0 spiro atoms. The van der Waals surface area contributed by atoms with E-state index >= 15 is 0 Å². The second-order valence-corrected chi connectivity index (χ2v) is 8.41. The van der Waals surface area contributed by atoms with E-state index in [1.807, 2.05) is 0 Å². The van der Waals surface area contributed by atoms with Gasteiger partial charge in [0.25, 0.3) is 0 Å². The molecular formula is C15H17NO3S. The van der Waals surface area contributed by atoms with Crippen LogP contribution in [0.25, 0.3) is 0 Å². The highest BCUT2D eigenvalue weighted by Gasteiger charge is 2.50. The van der Waals surface area contributed by atoms with Crippen LogP contribution in [0.4, 0.5) is 0 Å². The van der Waals surface area contributed by atoms with Crippen molar-refractivity contribution >= 4 is 9.84 Å². The molecule has 5 heteroatoms. The summed E-state index contributed by atoms with van der Waals surface area (Å²) in [6, 6.07) is 8.95. The minimum Gasteiger partial charge on any atom is -0.385 e. The van der Waals surface area contributed by atoms with Crippen LogP contribution in [0.1, 0.15) is 43.2 Å². The van der Waals surface area contributed by atoms with Gasteiger partial charge in [-0.25, -0.2) is 8.42 Å². The molecular weight excluding hydrogens is 274 g/mol. The Hall–Kier alpha value is -1.38. The summed E-state index contributed by atoms with van der Waals surface area (Å²) in [5.41, 5.74) is 0.0476. The van der Waals surface area contributed by atoms with Crippen LogP contribution in [-0.2, 0) is 15.4 Å². The van der Waals surface area contributed by atoms with E-state index in [4.69, 9.17) is 5.26 Å². The van der Waals surface area contributed by atoms with Gasteiger partial charge < -0.3 is 5.11 Å². The predicted molar refractivity (Wildman–Crippen MR) is 74.6 cm³/mol. The van der Waals surface area contributed by atoms with E-state index in [1.165, 1.54) is 0 Å². The Labute approximate surface area is 119 Å². The molecule has 2 aliphatic rings. The maximum atomic E-state index is 12.3. The lowest BCUT2D eigenvalue weighted by Crippen LogP contribution is -2.50. The van der Waals surface area contributed by atoms with Gasteiger partial charge in [0.15, 0.2) is 9.84 Å². The normalized spacial score (nSPS) is 35.2. The molecule has 2 heterocycles. The average Bonchev–Trinajstić information content (AvgIpc) is 2.41. The highest BCUT2D eigenvalue weighted by atomic mass is 32.2. The van der Waals surface area contributed by atoms with Crippen molar-refractivity contribution in [2.24, 2.45) is 0 Å². The fourth-order valence-electron chi connectivity index (χ4n) is 3.56. The number of hydrogen-bond donors (Lipinski definition) is 1. The number of aliphatic hydroxyl groups is 1. The van der Waals surface area contributed by atoms with Gasteiger partial charge in [-0.05, 0) is 43.4 Å². The number of rotatable bonds is 1. The van der Waals surface area contributed by atoms with Crippen molar-refractivity contribution in [3.8, 4) is 6.07 Å². The predicted octanol–water partition coefficient (Wildman–Crippen LogP) is 1.88. The molecule has 1 aromatic rings. The van der Waals surface area contributed by atoms with E-state index in [0.717, 1.165) is 6.42 Å². The molecule has 1 aromatic carbocycles. The molecule has 0 radical (unpaired) electrons. The summed E-state index contributed by atoms with van der Waals surface area (Å²) in [5, 5.41) is 19.0. The first-order valence-corrected chi connectivity index (χ1v) is 8.52. The summed E-state index contributed by atoms with van der Waals surface area (Å²) in [6.07, 6.45) is 2.70. The Bertz CT molecular complexity index is 655. The molecule has 0 aromatic heterocycles. The standard InChI is InChI=1S/C15H17NO3S/c16-10-11-3-1-4-12(7-11)15(17)8-13-5-2-6-14(9-15)20(13,18)19/h1,3-4,7,13-14,17H,2,5-6,8-9H2. The molecule has 3 rings (SSSR count). The Balaban J connectivity index is 2.00. The highest BCUT2D eigenvalue weighted by molar-refractivity contribution is 7.92. The van der Waals surface area contributed by atoms with E-state index < -0.39 is 25.9 Å². The molecule has 4 nitrogen and oxygen atoms in total. The molecule has 2 atom stereocenters. The highest BCUT2D eigenvalue weighted by Crippen LogP contribution is 2.46. The summed E-state index contributed by atoms with van der Waals surface area (Å²) in [5.74, 6) is 0. The van der Waals surface area contributed by atoms with Crippen molar-refractivity contribution in [1.29, 1.82) is 5.26 Å². The number of sulfone groups is 1. The number of hydrogen-bond acceptors (Lipinski definition) is 4. The third kappa shape index (κ3) is 2.04. The Morgan fingerprint density at radius 1 is 1.25 bits per heavy atom. The van der Waals surface area contributed by atoms with Crippen LogP contribution in [0.2, 0.25) is 0 Å². The van der Waals surface area contributed by atoms with Crippen LogP contribution in [0, 0.1) is 11.3 Å². The number of benzene rings is 1. The monoisotopic (exact) mass is 291 g/mol. The van der Waals surface area contributed by atoms with Gasteiger partial charge in [-0.2, -0.15) is 5.26 Å². The fourth-order valence-corrected chi connectivity index (χ4v) is 6.11. The third-order valence-corrected chi connectivity index (χ3v) is 7.30. The second kappa shape index (κ2) is 4.57. The summed E-state index contributed by atoms with van der Waals surface area (Å²) < 4.78 is 24.5. The van der Waals surface area contributed by atoms with Gasteiger partial charge in [0.2, 0.25) is 0 Å².